The van der Waals surface area contributed by atoms with Gasteiger partial charge in [0.15, 0.2) is 0 Å². The topological polar surface area (TPSA) is 88.8 Å². The SMILES string of the molecule is CC(C)(CN1CCC(COc2ccc(-c3ccc(C(=O)N4CCCC4C(N)=O)c(F)c3)nc2)CC1)C(F)(F)F. The number of benzene rings is 1. The summed E-state index contributed by atoms with van der Waals surface area (Å²) in [6, 6.07) is 6.91. The smallest absolute Gasteiger partial charge is 0.395 e. The highest BCUT2D eigenvalue weighted by Gasteiger charge is 2.48. The summed E-state index contributed by atoms with van der Waals surface area (Å²) < 4.78 is 60.3. The molecule has 212 valence electrons. The minimum atomic E-state index is -4.24. The molecule has 2 fully saturated rings. The fourth-order valence-corrected chi connectivity index (χ4v) is 5.12. The van der Waals surface area contributed by atoms with Crippen molar-refractivity contribution in [1.82, 2.24) is 14.8 Å². The molecule has 2 amide bonds. The van der Waals surface area contributed by atoms with Crippen molar-refractivity contribution in [3.05, 3.63) is 47.9 Å². The van der Waals surface area contributed by atoms with E-state index in [0.717, 1.165) is 12.8 Å². The molecule has 0 bridgehead atoms. The van der Waals surface area contributed by atoms with Crippen molar-refractivity contribution < 1.29 is 31.9 Å². The first-order chi connectivity index (χ1) is 18.4. The van der Waals surface area contributed by atoms with E-state index in [1.165, 1.54) is 37.1 Å². The van der Waals surface area contributed by atoms with Crippen LogP contribution in [0.25, 0.3) is 11.3 Å². The molecule has 0 saturated carbocycles. The molecule has 1 aromatic carbocycles. The maximum Gasteiger partial charge on any atom is 0.395 e. The van der Waals surface area contributed by atoms with Crippen molar-refractivity contribution in [3.63, 3.8) is 0 Å². The van der Waals surface area contributed by atoms with E-state index in [9.17, 15) is 27.2 Å². The molecule has 4 rings (SSSR count). The van der Waals surface area contributed by atoms with E-state index in [1.807, 2.05) is 4.90 Å². The van der Waals surface area contributed by atoms with Crippen molar-refractivity contribution in [3.8, 4) is 17.0 Å². The van der Waals surface area contributed by atoms with Crippen molar-refractivity contribution >= 4 is 11.8 Å². The molecule has 11 heteroatoms. The Kier molecular flexibility index (Phi) is 8.48. The molecule has 1 atom stereocenters. The first kappa shape index (κ1) is 28.8. The number of alkyl halides is 3. The number of amides is 2. The lowest BCUT2D eigenvalue weighted by Gasteiger charge is -2.38. The second kappa shape index (κ2) is 11.5. The van der Waals surface area contributed by atoms with Crippen LogP contribution in [-0.2, 0) is 4.79 Å². The van der Waals surface area contributed by atoms with Gasteiger partial charge in [0, 0.05) is 18.7 Å². The van der Waals surface area contributed by atoms with Gasteiger partial charge < -0.3 is 20.3 Å². The van der Waals surface area contributed by atoms with E-state index in [-0.39, 0.29) is 18.0 Å². The zero-order valence-electron chi connectivity index (χ0n) is 22.1. The molecule has 1 unspecified atom stereocenters. The number of pyridine rings is 1. The molecule has 2 aliphatic heterocycles. The van der Waals surface area contributed by atoms with Crippen LogP contribution in [0.4, 0.5) is 17.6 Å². The average Bonchev–Trinajstić information content (AvgIpc) is 3.38. The fraction of sp³-hybridized carbons (Fsp3) is 0.536. The Morgan fingerprint density at radius 2 is 1.79 bits per heavy atom. The van der Waals surface area contributed by atoms with E-state index in [0.29, 0.717) is 56.1 Å². The molecule has 1 aromatic heterocycles. The van der Waals surface area contributed by atoms with Crippen molar-refractivity contribution in [1.29, 1.82) is 0 Å². The van der Waals surface area contributed by atoms with Gasteiger partial charge in [-0.15, -0.1) is 0 Å². The summed E-state index contributed by atoms with van der Waals surface area (Å²) in [6.45, 7) is 4.42. The molecule has 2 aliphatic rings. The quantitative estimate of drug-likeness (QED) is 0.483. The number of piperidine rings is 1. The molecule has 0 aliphatic carbocycles. The molecule has 7 nitrogen and oxygen atoms in total. The number of hydrogen-bond donors (Lipinski definition) is 1. The highest BCUT2D eigenvalue weighted by atomic mass is 19.4. The van der Waals surface area contributed by atoms with Crippen LogP contribution in [0.3, 0.4) is 0 Å². The standard InChI is InChI=1S/C28H34F4N4O3/c1-27(2,28(30,31)32)17-35-12-9-18(10-13-35)16-39-20-6-8-23(34-15-20)19-5-7-21(22(29)14-19)26(38)36-11-3-4-24(36)25(33)37/h5-8,14-15,18,24H,3-4,9-13,16-17H2,1-2H3,(H2,33,37). The van der Waals surface area contributed by atoms with Crippen LogP contribution in [0.5, 0.6) is 5.75 Å². The van der Waals surface area contributed by atoms with Gasteiger partial charge in [0.05, 0.1) is 29.5 Å². The molecule has 2 saturated heterocycles. The molecule has 2 N–H and O–H groups in total. The number of aromatic nitrogens is 1. The van der Waals surface area contributed by atoms with Gasteiger partial charge >= 0.3 is 6.18 Å². The van der Waals surface area contributed by atoms with Gasteiger partial charge in [-0.3, -0.25) is 14.6 Å². The number of ether oxygens (including phenoxy) is 1. The van der Waals surface area contributed by atoms with Crippen molar-refractivity contribution in [2.75, 3.05) is 32.8 Å². The molecular formula is C28H34F4N4O3. The molecule has 2 aromatic rings. The predicted molar refractivity (Wildman–Crippen MR) is 137 cm³/mol. The summed E-state index contributed by atoms with van der Waals surface area (Å²) in [5.41, 5.74) is 4.49. The van der Waals surface area contributed by atoms with Gasteiger partial charge in [-0.25, -0.2) is 4.39 Å². The number of nitrogens with two attached hydrogens (primary N) is 1. The Hall–Kier alpha value is -3.21. The second-order valence-electron chi connectivity index (χ2n) is 11.0. The van der Waals surface area contributed by atoms with Crippen molar-refractivity contribution in [2.45, 2.75) is 51.7 Å². The largest absolute Gasteiger partial charge is 0.492 e. The fourth-order valence-electron chi connectivity index (χ4n) is 5.12. The summed E-state index contributed by atoms with van der Waals surface area (Å²) in [6.07, 6.45) is -0.0893. The lowest BCUT2D eigenvalue weighted by Crippen LogP contribution is -2.46. The Balaban J connectivity index is 1.29. The third-order valence-corrected chi connectivity index (χ3v) is 7.65. The van der Waals surface area contributed by atoms with E-state index in [4.69, 9.17) is 10.5 Å². The number of likely N-dealkylation sites (tertiary alicyclic amines) is 2. The van der Waals surface area contributed by atoms with E-state index in [2.05, 4.69) is 4.98 Å². The first-order valence-electron chi connectivity index (χ1n) is 13.1. The van der Waals surface area contributed by atoms with Gasteiger partial charge in [-0.2, -0.15) is 13.2 Å². The van der Waals surface area contributed by atoms with Gasteiger partial charge in [0.2, 0.25) is 5.91 Å². The number of nitrogens with zero attached hydrogens (tertiary/aromatic N) is 3. The highest BCUT2D eigenvalue weighted by molar-refractivity contribution is 5.98. The van der Waals surface area contributed by atoms with Crippen molar-refractivity contribution in [2.24, 2.45) is 17.1 Å². The normalized spacial score (nSPS) is 19.3. The monoisotopic (exact) mass is 550 g/mol. The summed E-state index contributed by atoms with van der Waals surface area (Å²) in [5, 5.41) is 0. The minimum absolute atomic E-state index is 0.0165. The third-order valence-electron chi connectivity index (χ3n) is 7.65. The molecule has 39 heavy (non-hydrogen) atoms. The number of rotatable bonds is 8. The first-order valence-corrected chi connectivity index (χ1v) is 13.1. The van der Waals surface area contributed by atoms with Crippen LogP contribution in [0.15, 0.2) is 36.5 Å². The summed E-state index contributed by atoms with van der Waals surface area (Å²) in [4.78, 5) is 31.9. The highest BCUT2D eigenvalue weighted by Crippen LogP contribution is 2.38. The molecule has 3 heterocycles. The Labute approximate surface area is 225 Å². The lowest BCUT2D eigenvalue weighted by atomic mass is 9.89. The van der Waals surface area contributed by atoms with Crippen LogP contribution in [0, 0.1) is 17.2 Å². The number of hydrogen-bond acceptors (Lipinski definition) is 5. The van der Waals surface area contributed by atoms with Crippen LogP contribution in [0.1, 0.15) is 49.9 Å². The molecule has 0 radical (unpaired) electrons. The van der Waals surface area contributed by atoms with E-state index >= 15 is 0 Å². The van der Waals surface area contributed by atoms with Gasteiger partial charge in [0.25, 0.3) is 5.91 Å². The summed E-state index contributed by atoms with van der Waals surface area (Å²) >= 11 is 0. The number of halogens is 4. The molecular weight excluding hydrogens is 516 g/mol. The maximum atomic E-state index is 14.9. The Morgan fingerprint density at radius 3 is 2.38 bits per heavy atom. The maximum absolute atomic E-state index is 14.9. The number of carbonyl (C=O) groups excluding carboxylic acids is 2. The van der Waals surface area contributed by atoms with E-state index in [1.54, 1.807) is 18.2 Å². The van der Waals surface area contributed by atoms with Crippen LogP contribution in [-0.4, -0.2) is 71.6 Å². The van der Waals surface area contributed by atoms with Gasteiger partial charge in [-0.1, -0.05) is 6.07 Å². The lowest BCUT2D eigenvalue weighted by molar-refractivity contribution is -0.217. The van der Waals surface area contributed by atoms with E-state index < -0.39 is 35.3 Å². The van der Waals surface area contributed by atoms with Crippen LogP contribution >= 0.6 is 0 Å². The Morgan fingerprint density at radius 1 is 1.08 bits per heavy atom. The van der Waals surface area contributed by atoms with Gasteiger partial charge in [-0.05, 0) is 82.8 Å². The van der Waals surface area contributed by atoms with Crippen LogP contribution < -0.4 is 10.5 Å². The second-order valence-corrected chi connectivity index (χ2v) is 11.0. The summed E-state index contributed by atoms with van der Waals surface area (Å²) in [7, 11) is 0. The minimum Gasteiger partial charge on any atom is -0.492 e. The number of carbonyl (C=O) groups is 2. The summed E-state index contributed by atoms with van der Waals surface area (Å²) in [5.74, 6) is -1.09. The molecule has 0 spiro atoms. The average molecular weight is 551 g/mol. The zero-order chi connectivity index (χ0) is 28.4. The number of primary amides is 1. The third kappa shape index (κ3) is 6.69. The predicted octanol–water partition coefficient (Wildman–Crippen LogP) is 4.66. The Bertz CT molecular complexity index is 1180. The zero-order valence-corrected chi connectivity index (χ0v) is 22.1. The van der Waals surface area contributed by atoms with Crippen LogP contribution in [0.2, 0.25) is 0 Å². The van der Waals surface area contributed by atoms with Gasteiger partial charge in [0.1, 0.15) is 17.6 Å².